The maximum absolute atomic E-state index is 9.10. The molecule has 0 saturated carbocycles. The number of nitrogens with zero attached hydrogens (tertiary/aromatic N) is 1. The molecule has 0 unspecified atom stereocenters. The van der Waals surface area contributed by atoms with Crippen molar-refractivity contribution in [2.75, 3.05) is 6.54 Å². The first kappa shape index (κ1) is 16.5. The van der Waals surface area contributed by atoms with Crippen LogP contribution in [-0.4, -0.2) is 33.7 Å². The predicted octanol–water partition coefficient (Wildman–Crippen LogP) is 1.10. The molecule has 6 nitrogen and oxygen atoms in total. The van der Waals surface area contributed by atoms with Gasteiger partial charge in [-0.15, -0.1) is 11.3 Å². The Labute approximate surface area is 109 Å². The first-order chi connectivity index (χ1) is 8.18. The Morgan fingerprint density at radius 1 is 1.33 bits per heavy atom. The minimum atomic E-state index is -1.82. The molecule has 0 saturated heterocycles. The maximum Gasteiger partial charge on any atom is 0.414 e. The van der Waals surface area contributed by atoms with Crippen LogP contribution in [0.2, 0.25) is 0 Å². The van der Waals surface area contributed by atoms with E-state index in [-0.39, 0.29) is 5.41 Å². The molecule has 0 aliphatic carbocycles. The highest BCUT2D eigenvalue weighted by molar-refractivity contribution is 7.09. The molecule has 1 heterocycles. The third kappa shape index (κ3) is 6.31. The van der Waals surface area contributed by atoms with Crippen molar-refractivity contribution < 1.29 is 19.8 Å². The zero-order valence-corrected chi connectivity index (χ0v) is 11.5. The second-order valence-corrected chi connectivity index (χ2v) is 5.47. The number of aromatic nitrogens is 1. The Morgan fingerprint density at radius 3 is 2.11 bits per heavy atom. The highest BCUT2D eigenvalue weighted by Gasteiger charge is 2.16. The van der Waals surface area contributed by atoms with Crippen molar-refractivity contribution in [3.63, 3.8) is 0 Å². The van der Waals surface area contributed by atoms with Crippen LogP contribution >= 0.6 is 11.3 Å². The van der Waals surface area contributed by atoms with E-state index in [1.54, 1.807) is 11.3 Å². The van der Waals surface area contributed by atoms with Crippen molar-refractivity contribution in [2.24, 2.45) is 5.73 Å². The molecule has 0 amide bonds. The third-order valence-electron chi connectivity index (χ3n) is 1.86. The van der Waals surface area contributed by atoms with E-state index < -0.39 is 11.9 Å². The van der Waals surface area contributed by atoms with Crippen molar-refractivity contribution >= 4 is 23.3 Å². The zero-order valence-electron chi connectivity index (χ0n) is 10.6. The molecule has 0 aromatic carbocycles. The molecule has 1 aromatic rings. The van der Waals surface area contributed by atoms with Gasteiger partial charge >= 0.3 is 11.9 Å². The van der Waals surface area contributed by atoms with Gasteiger partial charge in [-0.05, 0) is 6.54 Å². The van der Waals surface area contributed by atoms with Crippen LogP contribution in [0.5, 0.6) is 0 Å². The highest BCUT2D eigenvalue weighted by Crippen LogP contribution is 2.23. The largest absolute Gasteiger partial charge is 0.473 e. The van der Waals surface area contributed by atoms with Gasteiger partial charge < -0.3 is 15.9 Å². The Kier molecular flexibility index (Phi) is 6.50. The Balaban J connectivity index is 0.000000411. The average molecular weight is 274 g/mol. The fourth-order valence-corrected chi connectivity index (χ4v) is 1.93. The van der Waals surface area contributed by atoms with E-state index in [0.717, 1.165) is 11.4 Å². The molecular formula is C11H18N2O4S. The van der Waals surface area contributed by atoms with E-state index in [4.69, 9.17) is 25.5 Å². The van der Waals surface area contributed by atoms with Crippen molar-refractivity contribution in [1.82, 2.24) is 4.98 Å². The number of thiazole rings is 1. The molecule has 7 heteroatoms. The number of hydrogen-bond acceptors (Lipinski definition) is 5. The Bertz CT molecular complexity index is 397. The van der Waals surface area contributed by atoms with Crippen LogP contribution in [0.4, 0.5) is 0 Å². The lowest BCUT2D eigenvalue weighted by atomic mass is 9.93. The van der Waals surface area contributed by atoms with Gasteiger partial charge in [0, 0.05) is 17.2 Å². The van der Waals surface area contributed by atoms with Crippen LogP contribution in [0.25, 0.3) is 0 Å². The lowest BCUT2D eigenvalue weighted by Crippen LogP contribution is -2.12. The summed E-state index contributed by atoms with van der Waals surface area (Å²) in [7, 11) is 0. The maximum atomic E-state index is 9.10. The Hall–Kier alpha value is -1.47. The summed E-state index contributed by atoms with van der Waals surface area (Å²) in [5, 5.41) is 18.1. The molecule has 1 aromatic heterocycles. The molecule has 0 atom stereocenters. The molecule has 0 radical (unpaired) electrons. The van der Waals surface area contributed by atoms with Gasteiger partial charge in [-0.25, -0.2) is 14.6 Å². The van der Waals surface area contributed by atoms with Gasteiger partial charge in [-0.2, -0.15) is 0 Å². The second-order valence-electron chi connectivity index (χ2n) is 4.53. The summed E-state index contributed by atoms with van der Waals surface area (Å²) in [6, 6.07) is 0. The molecule has 0 aliphatic heterocycles. The zero-order chi connectivity index (χ0) is 14.3. The number of rotatable bonds is 2. The van der Waals surface area contributed by atoms with Gasteiger partial charge in [0.1, 0.15) is 0 Å². The van der Waals surface area contributed by atoms with Crippen molar-refractivity contribution in [2.45, 2.75) is 32.6 Å². The lowest BCUT2D eigenvalue weighted by Gasteiger charge is -2.14. The van der Waals surface area contributed by atoms with E-state index in [2.05, 4.69) is 31.1 Å². The molecule has 0 bridgehead atoms. The standard InChI is InChI=1S/C9H16N2S.C2H2O4/c1-9(2,3)7-6-12-8(11-7)4-5-10;3-1(4)2(5)6/h6H,4-5,10H2,1-3H3;(H,3,4)(H,5,6). The van der Waals surface area contributed by atoms with Crippen molar-refractivity contribution in [3.8, 4) is 0 Å². The van der Waals surface area contributed by atoms with Gasteiger partial charge in [-0.1, -0.05) is 20.8 Å². The monoisotopic (exact) mass is 274 g/mol. The smallest absolute Gasteiger partial charge is 0.414 e. The van der Waals surface area contributed by atoms with Gasteiger partial charge in [0.05, 0.1) is 10.7 Å². The van der Waals surface area contributed by atoms with Crippen LogP contribution in [0, 0.1) is 0 Å². The van der Waals surface area contributed by atoms with E-state index in [9.17, 15) is 0 Å². The SMILES string of the molecule is CC(C)(C)c1csc(CCN)n1.O=C(O)C(=O)O. The summed E-state index contributed by atoms with van der Waals surface area (Å²) < 4.78 is 0. The fraction of sp³-hybridized carbons (Fsp3) is 0.545. The third-order valence-corrected chi connectivity index (χ3v) is 2.77. The lowest BCUT2D eigenvalue weighted by molar-refractivity contribution is -0.159. The quantitative estimate of drug-likeness (QED) is 0.696. The Morgan fingerprint density at radius 2 is 1.83 bits per heavy atom. The minimum absolute atomic E-state index is 0.170. The first-order valence-electron chi connectivity index (χ1n) is 5.29. The number of carboxylic acids is 2. The summed E-state index contributed by atoms with van der Waals surface area (Å²) in [4.78, 5) is 22.7. The van der Waals surface area contributed by atoms with E-state index in [1.165, 1.54) is 5.69 Å². The average Bonchev–Trinajstić information content (AvgIpc) is 2.67. The molecule has 102 valence electrons. The first-order valence-corrected chi connectivity index (χ1v) is 6.17. The summed E-state index contributed by atoms with van der Waals surface area (Å²) in [6.07, 6.45) is 0.904. The molecule has 0 spiro atoms. The second kappa shape index (κ2) is 7.07. The molecule has 0 fully saturated rings. The number of hydrogen-bond donors (Lipinski definition) is 3. The number of aliphatic carboxylic acids is 2. The predicted molar refractivity (Wildman–Crippen MR) is 68.8 cm³/mol. The van der Waals surface area contributed by atoms with Crippen molar-refractivity contribution in [3.05, 3.63) is 16.1 Å². The molecule has 18 heavy (non-hydrogen) atoms. The van der Waals surface area contributed by atoms with Crippen molar-refractivity contribution in [1.29, 1.82) is 0 Å². The minimum Gasteiger partial charge on any atom is -0.473 e. The van der Waals surface area contributed by atoms with Gasteiger partial charge in [0.2, 0.25) is 0 Å². The molecular weight excluding hydrogens is 256 g/mol. The summed E-state index contributed by atoms with van der Waals surface area (Å²) in [5.74, 6) is -3.65. The highest BCUT2D eigenvalue weighted by atomic mass is 32.1. The topological polar surface area (TPSA) is 114 Å². The van der Waals surface area contributed by atoms with E-state index in [0.29, 0.717) is 6.54 Å². The van der Waals surface area contributed by atoms with Crippen LogP contribution in [0.15, 0.2) is 5.38 Å². The summed E-state index contributed by atoms with van der Waals surface area (Å²) >= 11 is 1.71. The number of carboxylic acid groups (broad SMARTS) is 2. The van der Waals surface area contributed by atoms with Crippen LogP contribution < -0.4 is 5.73 Å². The van der Waals surface area contributed by atoms with E-state index >= 15 is 0 Å². The van der Waals surface area contributed by atoms with Gasteiger partial charge in [0.15, 0.2) is 0 Å². The normalized spacial score (nSPS) is 10.4. The molecule has 4 N–H and O–H groups in total. The van der Waals surface area contributed by atoms with Gasteiger partial charge in [0.25, 0.3) is 0 Å². The van der Waals surface area contributed by atoms with Crippen LogP contribution in [-0.2, 0) is 21.4 Å². The number of carbonyl (C=O) groups is 2. The van der Waals surface area contributed by atoms with Crippen LogP contribution in [0.1, 0.15) is 31.5 Å². The summed E-state index contributed by atoms with van der Waals surface area (Å²) in [6.45, 7) is 7.22. The molecule has 1 rings (SSSR count). The fourth-order valence-electron chi connectivity index (χ4n) is 0.894. The van der Waals surface area contributed by atoms with Crippen LogP contribution in [0.3, 0.4) is 0 Å². The van der Waals surface area contributed by atoms with E-state index in [1.807, 2.05) is 0 Å². The van der Waals surface area contributed by atoms with Gasteiger partial charge in [-0.3, -0.25) is 0 Å². The summed E-state index contributed by atoms with van der Waals surface area (Å²) in [5.41, 5.74) is 6.79. The molecule has 0 aliphatic rings. The number of nitrogens with two attached hydrogens (primary N) is 1.